The summed E-state index contributed by atoms with van der Waals surface area (Å²) in [5.41, 5.74) is 0.936. The van der Waals surface area contributed by atoms with Crippen molar-refractivity contribution in [3.63, 3.8) is 0 Å². The summed E-state index contributed by atoms with van der Waals surface area (Å²) >= 11 is 0. The highest BCUT2D eigenvalue weighted by Crippen LogP contribution is 2.16. The van der Waals surface area contributed by atoms with Crippen molar-refractivity contribution in [2.75, 3.05) is 7.11 Å². The predicted octanol–water partition coefficient (Wildman–Crippen LogP) is 2.67. The van der Waals surface area contributed by atoms with Crippen LogP contribution in [0.4, 0.5) is 4.39 Å². The normalized spacial score (nSPS) is 14.3. The molecule has 100 valence electrons. The van der Waals surface area contributed by atoms with E-state index in [9.17, 15) is 9.18 Å². The Kier molecular flexibility index (Phi) is 5.28. The third kappa shape index (κ3) is 3.81. The number of halogens is 1. The number of methoxy groups -OCH3 is 1. The Bertz CT molecular complexity index is 389. The van der Waals surface area contributed by atoms with Crippen molar-refractivity contribution in [1.82, 2.24) is 5.32 Å². The molecule has 0 heterocycles. The van der Waals surface area contributed by atoms with Crippen LogP contribution in [-0.2, 0) is 9.53 Å². The van der Waals surface area contributed by atoms with Gasteiger partial charge in [-0.2, -0.15) is 0 Å². The molecule has 0 aliphatic rings. The minimum Gasteiger partial charge on any atom is -0.468 e. The van der Waals surface area contributed by atoms with Crippen molar-refractivity contribution in [2.45, 2.75) is 32.9 Å². The Morgan fingerprint density at radius 1 is 1.22 bits per heavy atom. The number of carbonyl (C=O) groups is 1. The number of hydrogen-bond donors (Lipinski definition) is 1. The second-order valence-electron chi connectivity index (χ2n) is 4.68. The molecule has 0 bridgehead atoms. The molecule has 1 rings (SSSR count). The molecule has 1 N–H and O–H groups in total. The predicted molar refractivity (Wildman–Crippen MR) is 68.6 cm³/mol. The molecule has 1 unspecified atom stereocenters. The van der Waals surface area contributed by atoms with Crippen molar-refractivity contribution in [1.29, 1.82) is 0 Å². The molecule has 0 aliphatic carbocycles. The molecule has 18 heavy (non-hydrogen) atoms. The van der Waals surface area contributed by atoms with Crippen molar-refractivity contribution in [2.24, 2.45) is 5.92 Å². The van der Waals surface area contributed by atoms with E-state index in [0.29, 0.717) is 0 Å². The fraction of sp³-hybridized carbons (Fsp3) is 0.500. The maximum atomic E-state index is 12.8. The molecule has 0 aromatic heterocycles. The fourth-order valence-electron chi connectivity index (χ4n) is 1.78. The second kappa shape index (κ2) is 6.50. The van der Waals surface area contributed by atoms with Gasteiger partial charge in [-0.15, -0.1) is 0 Å². The van der Waals surface area contributed by atoms with Crippen LogP contribution in [0.2, 0.25) is 0 Å². The lowest BCUT2D eigenvalue weighted by Gasteiger charge is -2.24. The molecule has 1 aromatic carbocycles. The number of benzene rings is 1. The Hall–Kier alpha value is -1.42. The molecular formula is C14H20FNO2. The maximum Gasteiger partial charge on any atom is 0.323 e. The highest BCUT2D eigenvalue weighted by atomic mass is 19.1. The van der Waals surface area contributed by atoms with Gasteiger partial charge in [-0.1, -0.05) is 26.0 Å². The third-order valence-electron chi connectivity index (χ3n) is 2.92. The monoisotopic (exact) mass is 253 g/mol. The zero-order chi connectivity index (χ0) is 13.7. The largest absolute Gasteiger partial charge is 0.468 e. The fourth-order valence-corrected chi connectivity index (χ4v) is 1.78. The zero-order valence-electron chi connectivity index (χ0n) is 11.2. The lowest BCUT2D eigenvalue weighted by atomic mass is 10.0. The molecular weight excluding hydrogens is 233 g/mol. The van der Waals surface area contributed by atoms with Crippen molar-refractivity contribution in [3.8, 4) is 0 Å². The lowest BCUT2D eigenvalue weighted by Crippen LogP contribution is -2.42. The van der Waals surface area contributed by atoms with Crippen LogP contribution in [0.3, 0.4) is 0 Å². The van der Waals surface area contributed by atoms with Gasteiger partial charge in [0.1, 0.15) is 11.9 Å². The smallest absolute Gasteiger partial charge is 0.323 e. The average molecular weight is 253 g/mol. The summed E-state index contributed by atoms with van der Waals surface area (Å²) in [7, 11) is 1.38. The molecule has 3 nitrogen and oxygen atoms in total. The molecule has 1 aromatic rings. The van der Waals surface area contributed by atoms with Gasteiger partial charge >= 0.3 is 5.97 Å². The Labute approximate surface area is 107 Å². The van der Waals surface area contributed by atoms with Crippen LogP contribution in [0.25, 0.3) is 0 Å². The van der Waals surface area contributed by atoms with E-state index >= 15 is 0 Å². The Morgan fingerprint density at radius 2 is 1.78 bits per heavy atom. The summed E-state index contributed by atoms with van der Waals surface area (Å²) in [6, 6.07) is 5.84. The van der Waals surface area contributed by atoms with Crippen molar-refractivity contribution < 1.29 is 13.9 Å². The lowest BCUT2D eigenvalue weighted by molar-refractivity contribution is -0.144. The number of carbonyl (C=O) groups excluding carboxylic acids is 1. The molecule has 0 spiro atoms. The summed E-state index contributed by atoms with van der Waals surface area (Å²) in [4.78, 5) is 11.6. The van der Waals surface area contributed by atoms with E-state index in [2.05, 4.69) is 5.32 Å². The summed E-state index contributed by atoms with van der Waals surface area (Å²) in [6.07, 6.45) is 0. The first kappa shape index (κ1) is 14.6. The Morgan fingerprint density at radius 3 is 2.22 bits per heavy atom. The summed E-state index contributed by atoms with van der Waals surface area (Å²) in [6.45, 7) is 5.84. The quantitative estimate of drug-likeness (QED) is 0.820. The number of rotatable bonds is 5. The maximum absolute atomic E-state index is 12.8. The molecule has 2 atom stereocenters. The summed E-state index contributed by atoms with van der Waals surface area (Å²) in [5.74, 6) is -0.418. The molecule has 0 saturated carbocycles. The summed E-state index contributed by atoms with van der Waals surface area (Å²) in [5, 5.41) is 3.21. The van der Waals surface area contributed by atoms with Crippen LogP contribution >= 0.6 is 0 Å². The highest BCUT2D eigenvalue weighted by molar-refractivity contribution is 5.76. The first-order valence-corrected chi connectivity index (χ1v) is 6.05. The van der Waals surface area contributed by atoms with E-state index in [1.807, 2.05) is 20.8 Å². The van der Waals surface area contributed by atoms with Gasteiger partial charge in [-0.25, -0.2) is 4.39 Å². The number of esters is 1. The minimum absolute atomic E-state index is 0.0444. The van der Waals surface area contributed by atoms with Gasteiger partial charge in [-0.3, -0.25) is 10.1 Å². The number of nitrogens with one attached hydrogen (secondary N) is 1. The third-order valence-corrected chi connectivity index (χ3v) is 2.92. The van der Waals surface area contributed by atoms with Gasteiger partial charge < -0.3 is 4.74 Å². The van der Waals surface area contributed by atoms with Crippen LogP contribution < -0.4 is 5.32 Å². The van der Waals surface area contributed by atoms with Crippen LogP contribution in [0.5, 0.6) is 0 Å². The van der Waals surface area contributed by atoms with Crippen LogP contribution in [-0.4, -0.2) is 19.1 Å². The van der Waals surface area contributed by atoms with Gasteiger partial charge in [0.05, 0.1) is 7.11 Å². The van der Waals surface area contributed by atoms with Gasteiger partial charge in [0, 0.05) is 6.04 Å². The standard InChI is InChI=1S/C14H20FNO2/c1-9(2)13(14(17)18-4)16-10(3)11-5-7-12(15)8-6-11/h5-10,13,16H,1-4H3/t10?,13-/m0/s1. The minimum atomic E-state index is -0.366. The molecule has 0 radical (unpaired) electrons. The van der Waals surface area contributed by atoms with Gasteiger partial charge in [0.25, 0.3) is 0 Å². The topological polar surface area (TPSA) is 38.3 Å². The van der Waals surface area contributed by atoms with E-state index in [4.69, 9.17) is 4.74 Å². The van der Waals surface area contributed by atoms with Crippen molar-refractivity contribution in [3.05, 3.63) is 35.6 Å². The van der Waals surface area contributed by atoms with Crippen LogP contribution in [0.15, 0.2) is 24.3 Å². The first-order valence-electron chi connectivity index (χ1n) is 6.05. The van der Waals surface area contributed by atoms with Gasteiger partial charge in [0.2, 0.25) is 0 Å². The van der Waals surface area contributed by atoms with Gasteiger partial charge in [-0.05, 0) is 30.5 Å². The van der Waals surface area contributed by atoms with E-state index in [-0.39, 0.29) is 29.8 Å². The molecule has 4 heteroatoms. The molecule has 0 fully saturated rings. The second-order valence-corrected chi connectivity index (χ2v) is 4.68. The zero-order valence-corrected chi connectivity index (χ0v) is 11.2. The molecule has 0 saturated heterocycles. The van der Waals surface area contributed by atoms with Crippen LogP contribution in [0, 0.1) is 11.7 Å². The Balaban J connectivity index is 2.75. The first-order chi connectivity index (χ1) is 8.45. The SMILES string of the molecule is COC(=O)[C@@H](NC(C)c1ccc(F)cc1)C(C)C. The number of hydrogen-bond acceptors (Lipinski definition) is 3. The summed E-state index contributed by atoms with van der Waals surface area (Å²) < 4.78 is 17.6. The number of ether oxygens (including phenoxy) is 1. The van der Waals surface area contributed by atoms with E-state index in [1.54, 1.807) is 12.1 Å². The molecule has 0 amide bonds. The molecule has 0 aliphatic heterocycles. The van der Waals surface area contributed by atoms with Gasteiger partial charge in [0.15, 0.2) is 0 Å². The van der Waals surface area contributed by atoms with Crippen molar-refractivity contribution >= 4 is 5.97 Å². The van der Waals surface area contributed by atoms with E-state index < -0.39 is 0 Å². The average Bonchev–Trinajstić information content (AvgIpc) is 2.35. The van der Waals surface area contributed by atoms with E-state index in [1.165, 1.54) is 19.2 Å². The van der Waals surface area contributed by atoms with Crippen LogP contribution in [0.1, 0.15) is 32.4 Å². The highest BCUT2D eigenvalue weighted by Gasteiger charge is 2.24. The van der Waals surface area contributed by atoms with E-state index in [0.717, 1.165) is 5.56 Å².